The highest BCUT2D eigenvalue weighted by atomic mass is 32.1. The number of nitrogens with zero attached hydrogens (tertiary/aromatic N) is 2. The number of aryl methyl sites for hydroxylation is 1. The Balaban J connectivity index is 1.81. The van der Waals surface area contributed by atoms with Gasteiger partial charge >= 0.3 is 0 Å². The molecule has 0 aliphatic carbocycles. The van der Waals surface area contributed by atoms with Gasteiger partial charge in [-0.15, -0.1) is 11.3 Å². The van der Waals surface area contributed by atoms with Gasteiger partial charge in [-0.2, -0.15) is 0 Å². The van der Waals surface area contributed by atoms with Crippen molar-refractivity contribution in [2.75, 3.05) is 24.5 Å². The van der Waals surface area contributed by atoms with Crippen molar-refractivity contribution in [3.05, 3.63) is 23.2 Å². The second-order valence-corrected chi connectivity index (χ2v) is 7.36. The number of amides is 1. The third kappa shape index (κ3) is 3.50. The van der Waals surface area contributed by atoms with Gasteiger partial charge < -0.3 is 10.2 Å². The molecule has 0 bridgehead atoms. The van der Waals surface area contributed by atoms with E-state index in [9.17, 15) is 4.79 Å². The monoisotopic (exact) mass is 331 g/mol. The molecule has 3 rings (SSSR count). The molecule has 23 heavy (non-hydrogen) atoms. The Morgan fingerprint density at radius 1 is 1.48 bits per heavy atom. The normalized spacial score (nSPS) is 18.3. The molecule has 1 aliphatic heterocycles. The van der Waals surface area contributed by atoms with E-state index in [1.165, 1.54) is 15.0 Å². The molecule has 2 aromatic heterocycles. The number of aromatic nitrogens is 1. The average molecular weight is 331 g/mol. The number of thiophene rings is 1. The lowest BCUT2D eigenvalue weighted by Crippen LogP contribution is -2.43. The number of nitrogens with one attached hydrogen (secondary N) is 1. The maximum atomic E-state index is 12.3. The van der Waals surface area contributed by atoms with Crippen LogP contribution in [0.15, 0.2) is 18.3 Å². The zero-order valence-electron chi connectivity index (χ0n) is 14.0. The van der Waals surface area contributed by atoms with Crippen LogP contribution in [0.3, 0.4) is 0 Å². The number of piperidine rings is 1. The number of carbonyl (C=O) groups excluding carboxylic acids is 1. The van der Waals surface area contributed by atoms with Crippen LogP contribution in [0, 0.1) is 5.92 Å². The van der Waals surface area contributed by atoms with E-state index in [0.717, 1.165) is 51.1 Å². The first kappa shape index (κ1) is 16.2. The number of fused-ring (bicyclic) bond motifs is 1. The summed E-state index contributed by atoms with van der Waals surface area (Å²) >= 11 is 1.85. The Bertz CT molecular complexity index is 682. The van der Waals surface area contributed by atoms with Gasteiger partial charge in [0.25, 0.3) is 0 Å². The van der Waals surface area contributed by atoms with Crippen LogP contribution in [0.4, 0.5) is 5.82 Å². The van der Waals surface area contributed by atoms with Gasteiger partial charge in [-0.3, -0.25) is 4.79 Å². The van der Waals surface area contributed by atoms with Crippen LogP contribution in [0.25, 0.3) is 10.1 Å². The number of hydrogen-bond acceptors (Lipinski definition) is 4. The zero-order chi connectivity index (χ0) is 16.2. The topological polar surface area (TPSA) is 45.2 Å². The summed E-state index contributed by atoms with van der Waals surface area (Å²) in [5, 5.41) is 4.28. The van der Waals surface area contributed by atoms with E-state index in [0.29, 0.717) is 0 Å². The smallest absolute Gasteiger partial charge is 0.224 e. The molecule has 1 unspecified atom stereocenters. The fraction of sp³-hybridized carbons (Fsp3) is 0.556. The van der Waals surface area contributed by atoms with E-state index in [4.69, 9.17) is 0 Å². The zero-order valence-corrected chi connectivity index (χ0v) is 14.8. The second kappa shape index (κ2) is 7.30. The molecule has 2 aromatic rings. The maximum absolute atomic E-state index is 12.3. The van der Waals surface area contributed by atoms with E-state index in [1.54, 1.807) is 0 Å². The molecule has 3 heterocycles. The summed E-state index contributed by atoms with van der Waals surface area (Å²) in [7, 11) is 0. The molecule has 0 spiro atoms. The lowest BCUT2D eigenvalue weighted by atomic mass is 9.97. The van der Waals surface area contributed by atoms with Crippen molar-refractivity contribution in [2.45, 2.75) is 39.5 Å². The number of hydrogen-bond donors (Lipinski definition) is 1. The molecule has 124 valence electrons. The fourth-order valence-corrected chi connectivity index (χ4v) is 4.20. The number of carbonyl (C=O) groups is 1. The highest BCUT2D eigenvalue weighted by Crippen LogP contribution is 2.33. The maximum Gasteiger partial charge on any atom is 0.224 e. The van der Waals surface area contributed by atoms with Gasteiger partial charge in [0.2, 0.25) is 5.91 Å². The summed E-state index contributed by atoms with van der Waals surface area (Å²) in [4.78, 5) is 20.6. The van der Waals surface area contributed by atoms with E-state index in [2.05, 4.69) is 41.2 Å². The van der Waals surface area contributed by atoms with Gasteiger partial charge in [0, 0.05) is 40.8 Å². The first-order chi connectivity index (χ1) is 11.2. The SMILES string of the molecule is CCCNC(=O)C1CCCN(c2nccc3sc(CC)cc23)C1. The standard InChI is InChI=1S/C18H25N3OS/c1-3-8-20-18(22)13-6-5-10-21(12-13)17-15-11-14(4-2)23-16(15)7-9-19-17/h7,9,11,13H,3-6,8,10,12H2,1-2H3,(H,20,22). The third-order valence-corrected chi connectivity index (χ3v) is 5.71. The first-order valence-corrected chi connectivity index (χ1v) is 9.44. The predicted molar refractivity (Wildman–Crippen MR) is 97.2 cm³/mol. The predicted octanol–water partition coefficient (Wildman–Crippen LogP) is 3.60. The van der Waals surface area contributed by atoms with Gasteiger partial charge in [0.1, 0.15) is 5.82 Å². The molecular formula is C18H25N3OS. The molecule has 0 radical (unpaired) electrons. The van der Waals surface area contributed by atoms with Crippen molar-refractivity contribution >= 4 is 33.1 Å². The van der Waals surface area contributed by atoms with E-state index in [-0.39, 0.29) is 11.8 Å². The minimum Gasteiger partial charge on any atom is -0.356 e. The summed E-state index contributed by atoms with van der Waals surface area (Å²) in [6.07, 6.45) is 5.96. The second-order valence-electron chi connectivity index (χ2n) is 6.19. The van der Waals surface area contributed by atoms with Crippen molar-refractivity contribution in [1.29, 1.82) is 0 Å². The van der Waals surface area contributed by atoms with Gasteiger partial charge in [-0.25, -0.2) is 4.98 Å². The summed E-state index contributed by atoms with van der Waals surface area (Å²) in [6.45, 7) is 6.81. The summed E-state index contributed by atoms with van der Waals surface area (Å²) < 4.78 is 1.30. The minimum atomic E-state index is 0.0802. The number of rotatable bonds is 5. The molecule has 5 heteroatoms. The fourth-order valence-electron chi connectivity index (χ4n) is 3.20. The van der Waals surface area contributed by atoms with Crippen molar-refractivity contribution in [1.82, 2.24) is 10.3 Å². The molecule has 1 N–H and O–H groups in total. The Kier molecular flexibility index (Phi) is 5.16. The van der Waals surface area contributed by atoms with Gasteiger partial charge in [0.15, 0.2) is 0 Å². The molecule has 4 nitrogen and oxygen atoms in total. The molecule has 0 aromatic carbocycles. The molecular weight excluding hydrogens is 306 g/mol. The first-order valence-electron chi connectivity index (χ1n) is 8.63. The van der Waals surface area contributed by atoms with E-state index < -0.39 is 0 Å². The minimum absolute atomic E-state index is 0.0802. The number of pyridine rings is 1. The van der Waals surface area contributed by atoms with Gasteiger partial charge in [0.05, 0.1) is 5.92 Å². The van der Waals surface area contributed by atoms with Crippen molar-refractivity contribution in [3.8, 4) is 0 Å². The quantitative estimate of drug-likeness (QED) is 0.910. The van der Waals surface area contributed by atoms with E-state index >= 15 is 0 Å². The molecule has 1 atom stereocenters. The lowest BCUT2D eigenvalue weighted by Gasteiger charge is -2.33. The highest BCUT2D eigenvalue weighted by Gasteiger charge is 2.27. The van der Waals surface area contributed by atoms with Crippen LogP contribution in [0.2, 0.25) is 0 Å². The van der Waals surface area contributed by atoms with Crippen LogP contribution in [-0.2, 0) is 11.2 Å². The van der Waals surface area contributed by atoms with Gasteiger partial charge in [-0.1, -0.05) is 13.8 Å². The average Bonchev–Trinajstić information content (AvgIpc) is 3.03. The van der Waals surface area contributed by atoms with Crippen molar-refractivity contribution < 1.29 is 4.79 Å². The molecule has 0 saturated carbocycles. The largest absolute Gasteiger partial charge is 0.356 e. The van der Waals surface area contributed by atoms with Crippen LogP contribution in [0.1, 0.15) is 38.0 Å². The Morgan fingerprint density at radius 3 is 3.13 bits per heavy atom. The Labute approximate surface area is 141 Å². The Hall–Kier alpha value is -1.62. The molecule has 1 fully saturated rings. The third-order valence-electron chi connectivity index (χ3n) is 4.46. The summed E-state index contributed by atoms with van der Waals surface area (Å²) in [5.41, 5.74) is 0. The van der Waals surface area contributed by atoms with Crippen LogP contribution < -0.4 is 10.2 Å². The van der Waals surface area contributed by atoms with Crippen LogP contribution in [0.5, 0.6) is 0 Å². The van der Waals surface area contributed by atoms with Crippen LogP contribution in [-0.4, -0.2) is 30.5 Å². The molecule has 1 saturated heterocycles. The Morgan fingerprint density at radius 2 is 2.35 bits per heavy atom. The summed E-state index contributed by atoms with van der Waals surface area (Å²) in [5.74, 6) is 1.33. The van der Waals surface area contributed by atoms with Crippen molar-refractivity contribution in [3.63, 3.8) is 0 Å². The highest BCUT2D eigenvalue weighted by molar-refractivity contribution is 7.19. The van der Waals surface area contributed by atoms with Gasteiger partial charge in [-0.05, 0) is 37.8 Å². The van der Waals surface area contributed by atoms with E-state index in [1.807, 2.05) is 17.5 Å². The molecule has 1 amide bonds. The summed E-state index contributed by atoms with van der Waals surface area (Å²) in [6, 6.07) is 4.36. The van der Waals surface area contributed by atoms with Crippen molar-refractivity contribution in [2.24, 2.45) is 5.92 Å². The molecule has 1 aliphatic rings. The lowest BCUT2D eigenvalue weighted by molar-refractivity contribution is -0.125. The van der Waals surface area contributed by atoms with Crippen LogP contribution >= 0.6 is 11.3 Å². The number of anilines is 1.